The van der Waals surface area contributed by atoms with E-state index in [0.717, 1.165) is 27.0 Å². The SMILES string of the molecule is CC[C@@H]1CN(Cc2nc(C(c3ccc4c(nnn4CC)c3C)C(C)(C)C(=O)O)sc2C)S(=O)(=O)c2cnccc2O1. The Kier molecular flexibility index (Phi) is 7.64. The lowest BCUT2D eigenvalue weighted by atomic mass is 9.74. The molecular formula is C28H34N6O5S2. The van der Waals surface area contributed by atoms with Crippen molar-refractivity contribution in [2.75, 3.05) is 6.54 Å². The number of ether oxygens (including phenoxy) is 1. The molecule has 41 heavy (non-hydrogen) atoms. The second-order valence-electron chi connectivity index (χ2n) is 10.8. The smallest absolute Gasteiger partial charge is 0.310 e. The molecule has 0 saturated carbocycles. The van der Waals surface area contributed by atoms with Gasteiger partial charge in [-0.2, -0.15) is 4.31 Å². The minimum Gasteiger partial charge on any atom is -0.488 e. The van der Waals surface area contributed by atoms with Crippen LogP contribution in [-0.2, 0) is 27.9 Å². The first-order chi connectivity index (χ1) is 19.4. The Labute approximate surface area is 243 Å². The Morgan fingerprint density at radius 2 is 2.00 bits per heavy atom. The van der Waals surface area contributed by atoms with E-state index in [1.54, 1.807) is 24.6 Å². The number of aliphatic carboxylic acids is 1. The molecule has 1 N–H and O–H groups in total. The van der Waals surface area contributed by atoms with Crippen molar-refractivity contribution in [3.8, 4) is 5.75 Å². The molecule has 0 spiro atoms. The molecule has 1 aromatic carbocycles. The van der Waals surface area contributed by atoms with E-state index < -0.39 is 27.3 Å². The van der Waals surface area contributed by atoms with Gasteiger partial charge in [0.2, 0.25) is 10.0 Å². The van der Waals surface area contributed by atoms with Gasteiger partial charge in [0.1, 0.15) is 27.3 Å². The summed E-state index contributed by atoms with van der Waals surface area (Å²) in [6.45, 7) is 12.0. The predicted octanol–water partition coefficient (Wildman–Crippen LogP) is 4.52. The molecule has 0 radical (unpaired) electrons. The van der Waals surface area contributed by atoms with Gasteiger partial charge < -0.3 is 9.84 Å². The number of rotatable bonds is 8. The van der Waals surface area contributed by atoms with Gasteiger partial charge in [-0.1, -0.05) is 18.2 Å². The second kappa shape index (κ2) is 10.8. The van der Waals surface area contributed by atoms with Crippen molar-refractivity contribution in [2.24, 2.45) is 5.41 Å². The number of carboxylic acids is 1. The van der Waals surface area contributed by atoms with Gasteiger partial charge in [0.25, 0.3) is 0 Å². The minimum absolute atomic E-state index is 0.0259. The fourth-order valence-corrected chi connectivity index (χ4v) is 8.01. The maximum Gasteiger partial charge on any atom is 0.310 e. The number of nitrogens with zero attached hydrogens (tertiary/aromatic N) is 6. The maximum atomic E-state index is 13.7. The largest absolute Gasteiger partial charge is 0.488 e. The Hall–Kier alpha value is -3.42. The van der Waals surface area contributed by atoms with Gasteiger partial charge >= 0.3 is 5.97 Å². The van der Waals surface area contributed by atoms with Crippen LogP contribution in [-0.4, -0.2) is 61.4 Å². The number of aromatic nitrogens is 5. The highest BCUT2D eigenvalue weighted by atomic mass is 32.2. The Morgan fingerprint density at radius 3 is 2.68 bits per heavy atom. The molecule has 1 aliphatic heterocycles. The molecular weight excluding hydrogens is 564 g/mol. The van der Waals surface area contributed by atoms with Gasteiger partial charge in [0.15, 0.2) is 0 Å². The fourth-order valence-electron chi connectivity index (χ4n) is 5.27. The summed E-state index contributed by atoms with van der Waals surface area (Å²) in [7, 11) is -3.91. The molecule has 0 bridgehead atoms. The van der Waals surface area contributed by atoms with E-state index in [0.29, 0.717) is 29.4 Å². The molecule has 11 nitrogen and oxygen atoms in total. The minimum atomic E-state index is -3.91. The molecule has 4 aromatic rings. The van der Waals surface area contributed by atoms with Gasteiger partial charge in [-0.25, -0.2) is 18.1 Å². The van der Waals surface area contributed by atoms with Crippen LogP contribution in [0, 0.1) is 19.3 Å². The third kappa shape index (κ3) is 4.99. The zero-order valence-electron chi connectivity index (χ0n) is 23.9. The van der Waals surface area contributed by atoms with Crippen LogP contribution in [0.4, 0.5) is 0 Å². The highest BCUT2D eigenvalue weighted by Crippen LogP contribution is 2.45. The number of pyridine rings is 1. The second-order valence-corrected chi connectivity index (χ2v) is 14.0. The van der Waals surface area contributed by atoms with E-state index in [1.807, 2.05) is 39.8 Å². The molecule has 0 amide bonds. The Balaban J connectivity index is 1.59. The zero-order valence-corrected chi connectivity index (χ0v) is 25.6. The number of thiazole rings is 1. The standard InChI is InChI=1S/C28H34N6O5S2/c1-7-18-14-33(41(37,38)23-13-29-12-11-22(23)39-18)15-20-17(4)40-26(30-20)24(28(5,6)27(35)36)19-9-10-21-25(16(19)3)31-32-34(21)8-2/h9-13,18,24H,7-8,14-15H2,1-6H3,(H,35,36)/t18-,24?/m1/s1. The first-order valence-corrected chi connectivity index (χ1v) is 15.8. The predicted molar refractivity (Wildman–Crippen MR) is 155 cm³/mol. The van der Waals surface area contributed by atoms with Crippen LogP contribution in [0.25, 0.3) is 11.0 Å². The normalized spacial score (nSPS) is 18.0. The summed E-state index contributed by atoms with van der Waals surface area (Å²) in [6, 6.07) is 5.43. The molecule has 1 aliphatic rings. The summed E-state index contributed by atoms with van der Waals surface area (Å²) in [6.07, 6.45) is 3.11. The van der Waals surface area contributed by atoms with Crippen LogP contribution >= 0.6 is 11.3 Å². The van der Waals surface area contributed by atoms with E-state index >= 15 is 0 Å². The van der Waals surface area contributed by atoms with Gasteiger partial charge in [-0.15, -0.1) is 16.4 Å². The van der Waals surface area contributed by atoms with E-state index in [-0.39, 0.29) is 24.1 Å². The molecule has 218 valence electrons. The highest BCUT2D eigenvalue weighted by Gasteiger charge is 2.43. The number of fused-ring (bicyclic) bond motifs is 2. The lowest BCUT2D eigenvalue weighted by Crippen LogP contribution is -2.36. The van der Waals surface area contributed by atoms with Crippen molar-refractivity contribution >= 4 is 38.4 Å². The van der Waals surface area contributed by atoms with Crippen LogP contribution in [0.2, 0.25) is 0 Å². The van der Waals surface area contributed by atoms with Crippen molar-refractivity contribution < 1.29 is 23.1 Å². The van der Waals surface area contributed by atoms with Gasteiger partial charge in [0.05, 0.1) is 41.8 Å². The Bertz CT molecular complexity index is 1730. The van der Waals surface area contributed by atoms with Crippen LogP contribution in [0.15, 0.2) is 35.5 Å². The van der Waals surface area contributed by atoms with Crippen molar-refractivity contribution in [3.63, 3.8) is 0 Å². The molecule has 2 atom stereocenters. The molecule has 0 aliphatic carbocycles. The first kappa shape index (κ1) is 29.1. The third-order valence-electron chi connectivity index (χ3n) is 7.87. The highest BCUT2D eigenvalue weighted by molar-refractivity contribution is 7.89. The summed E-state index contributed by atoms with van der Waals surface area (Å²) in [5, 5.41) is 19.5. The maximum absolute atomic E-state index is 13.7. The van der Waals surface area contributed by atoms with Crippen LogP contribution in [0.5, 0.6) is 5.75 Å². The van der Waals surface area contributed by atoms with Gasteiger partial charge in [-0.3, -0.25) is 9.78 Å². The number of hydrogen-bond donors (Lipinski definition) is 1. The molecule has 1 unspecified atom stereocenters. The lowest BCUT2D eigenvalue weighted by molar-refractivity contribution is -0.147. The zero-order chi connectivity index (χ0) is 29.7. The van der Waals surface area contributed by atoms with Crippen molar-refractivity contribution in [1.29, 1.82) is 0 Å². The summed E-state index contributed by atoms with van der Waals surface area (Å²) >= 11 is 1.39. The van der Waals surface area contributed by atoms with Crippen LogP contribution < -0.4 is 4.74 Å². The molecule has 0 fully saturated rings. The first-order valence-electron chi connectivity index (χ1n) is 13.5. The third-order valence-corrected chi connectivity index (χ3v) is 10.8. The summed E-state index contributed by atoms with van der Waals surface area (Å²) in [4.78, 5) is 22.4. The van der Waals surface area contributed by atoms with E-state index in [1.165, 1.54) is 28.0 Å². The van der Waals surface area contributed by atoms with Crippen LogP contribution in [0.1, 0.15) is 66.7 Å². The molecule has 0 saturated heterocycles. The fraction of sp³-hybridized carbons (Fsp3) is 0.464. The topological polar surface area (TPSA) is 140 Å². The molecule has 13 heteroatoms. The summed E-state index contributed by atoms with van der Waals surface area (Å²) in [5.41, 5.74) is 2.61. The van der Waals surface area contributed by atoms with E-state index in [4.69, 9.17) is 9.72 Å². The van der Waals surface area contributed by atoms with E-state index in [9.17, 15) is 18.3 Å². The van der Waals surface area contributed by atoms with Crippen molar-refractivity contribution in [1.82, 2.24) is 29.3 Å². The monoisotopic (exact) mass is 598 g/mol. The number of carbonyl (C=O) groups is 1. The molecule has 5 rings (SSSR count). The average Bonchev–Trinajstić information content (AvgIpc) is 3.49. The van der Waals surface area contributed by atoms with Crippen molar-refractivity contribution in [2.45, 2.75) is 78.0 Å². The number of benzene rings is 1. The lowest BCUT2D eigenvalue weighted by Gasteiger charge is -2.30. The average molecular weight is 599 g/mol. The van der Waals surface area contributed by atoms with Crippen molar-refractivity contribution in [3.05, 3.63) is 57.3 Å². The van der Waals surface area contributed by atoms with Gasteiger partial charge in [0, 0.05) is 17.6 Å². The number of carboxylic acid groups (broad SMARTS) is 1. The van der Waals surface area contributed by atoms with E-state index in [2.05, 4.69) is 15.3 Å². The Morgan fingerprint density at radius 1 is 1.24 bits per heavy atom. The number of hydrogen-bond acceptors (Lipinski definition) is 9. The molecule has 4 heterocycles. The summed E-state index contributed by atoms with van der Waals surface area (Å²) < 4.78 is 36.6. The van der Waals surface area contributed by atoms with Crippen LogP contribution in [0.3, 0.4) is 0 Å². The number of aryl methyl sites for hydroxylation is 3. The quantitative estimate of drug-likeness (QED) is 0.310. The summed E-state index contributed by atoms with van der Waals surface area (Å²) in [5.74, 6) is -1.28. The number of sulfonamides is 1. The van der Waals surface area contributed by atoms with Gasteiger partial charge in [-0.05, 0) is 64.3 Å². The molecule has 3 aromatic heterocycles.